The predicted octanol–water partition coefficient (Wildman–Crippen LogP) is 4.04. The Balaban J connectivity index is 1.77. The molecule has 0 bridgehead atoms. The van der Waals surface area contributed by atoms with Crippen molar-refractivity contribution in [2.45, 2.75) is 33.1 Å². The maximum Gasteiger partial charge on any atom is 0.417 e. The number of pyridine rings is 1. The Bertz CT molecular complexity index is 1210. The fourth-order valence-electron chi connectivity index (χ4n) is 3.20. The lowest BCUT2D eigenvalue weighted by atomic mass is 10.1. The minimum Gasteiger partial charge on any atom is -0.392 e. The summed E-state index contributed by atoms with van der Waals surface area (Å²) in [5, 5.41) is 17.0. The van der Waals surface area contributed by atoms with E-state index in [0.29, 0.717) is 40.5 Å². The molecular weight excluding hydrogens is 397 g/mol. The van der Waals surface area contributed by atoms with Crippen LogP contribution in [0.4, 0.5) is 24.5 Å². The molecule has 0 amide bonds. The molecule has 0 aliphatic carbocycles. The van der Waals surface area contributed by atoms with E-state index in [1.807, 2.05) is 6.92 Å². The summed E-state index contributed by atoms with van der Waals surface area (Å²) in [7, 11) is 0. The molecule has 0 radical (unpaired) electrons. The zero-order valence-corrected chi connectivity index (χ0v) is 16.3. The monoisotopic (exact) mass is 416 g/mol. The van der Waals surface area contributed by atoms with Crippen molar-refractivity contribution in [1.29, 1.82) is 0 Å². The van der Waals surface area contributed by atoms with Crippen molar-refractivity contribution in [3.8, 4) is 5.69 Å². The third kappa shape index (κ3) is 3.73. The number of nitrogens with zero attached hydrogens (tertiary/aromatic N) is 5. The first-order valence-electron chi connectivity index (χ1n) is 9.26. The lowest BCUT2D eigenvalue weighted by Crippen LogP contribution is -2.08. The normalized spacial score (nSPS) is 11.9. The number of anilines is 2. The minimum atomic E-state index is -4.49. The quantitative estimate of drug-likeness (QED) is 0.513. The molecule has 0 atom stereocenters. The number of alkyl halides is 3. The number of aliphatic hydroxyl groups excluding tert-OH is 1. The Morgan fingerprint density at radius 3 is 2.60 bits per heavy atom. The fraction of sp³-hybridized carbons (Fsp3) is 0.250. The van der Waals surface area contributed by atoms with Gasteiger partial charge in [-0.3, -0.25) is 0 Å². The van der Waals surface area contributed by atoms with E-state index in [2.05, 4.69) is 20.4 Å². The average molecular weight is 416 g/mol. The fourth-order valence-corrected chi connectivity index (χ4v) is 3.20. The predicted molar refractivity (Wildman–Crippen MR) is 105 cm³/mol. The molecule has 0 saturated carbocycles. The summed E-state index contributed by atoms with van der Waals surface area (Å²) >= 11 is 0. The molecule has 0 aliphatic rings. The van der Waals surface area contributed by atoms with Crippen molar-refractivity contribution in [3.63, 3.8) is 0 Å². The van der Waals surface area contributed by atoms with E-state index in [1.54, 1.807) is 31.3 Å². The molecule has 0 aliphatic heterocycles. The Kier molecular flexibility index (Phi) is 4.94. The van der Waals surface area contributed by atoms with Gasteiger partial charge in [0, 0.05) is 23.6 Å². The Morgan fingerprint density at radius 2 is 1.97 bits per heavy atom. The zero-order chi connectivity index (χ0) is 21.5. The molecule has 30 heavy (non-hydrogen) atoms. The van der Waals surface area contributed by atoms with Gasteiger partial charge in [0.2, 0.25) is 0 Å². The van der Waals surface area contributed by atoms with E-state index in [-0.39, 0.29) is 12.3 Å². The lowest BCUT2D eigenvalue weighted by molar-refractivity contribution is -0.137. The van der Waals surface area contributed by atoms with Gasteiger partial charge in [-0.05, 0) is 37.6 Å². The first-order valence-corrected chi connectivity index (χ1v) is 9.26. The molecule has 1 aromatic carbocycles. The number of benzene rings is 1. The number of halogens is 3. The molecule has 7 nitrogen and oxygen atoms in total. The van der Waals surface area contributed by atoms with Crippen LogP contribution < -0.4 is 5.32 Å². The molecule has 156 valence electrons. The number of aryl methyl sites for hydroxylation is 2. The van der Waals surface area contributed by atoms with E-state index in [1.165, 1.54) is 15.4 Å². The van der Waals surface area contributed by atoms with Crippen LogP contribution in [0.1, 0.15) is 29.6 Å². The van der Waals surface area contributed by atoms with Gasteiger partial charge < -0.3 is 14.8 Å². The van der Waals surface area contributed by atoms with Gasteiger partial charge in [0.25, 0.3) is 0 Å². The van der Waals surface area contributed by atoms with Crippen LogP contribution in [0.2, 0.25) is 0 Å². The molecule has 2 N–H and O–H groups in total. The van der Waals surface area contributed by atoms with E-state index in [4.69, 9.17) is 0 Å². The van der Waals surface area contributed by atoms with Crippen LogP contribution in [0.3, 0.4) is 0 Å². The number of aliphatic hydroxyl groups is 1. The first kappa shape index (κ1) is 19.9. The van der Waals surface area contributed by atoms with Crippen molar-refractivity contribution < 1.29 is 18.3 Å². The van der Waals surface area contributed by atoms with Crippen LogP contribution in [-0.4, -0.2) is 29.3 Å². The molecule has 3 heterocycles. The van der Waals surface area contributed by atoms with E-state index in [0.717, 1.165) is 12.3 Å². The second-order valence-electron chi connectivity index (χ2n) is 6.82. The number of hydrogen-bond donors (Lipinski definition) is 2. The molecule has 4 rings (SSSR count). The van der Waals surface area contributed by atoms with E-state index < -0.39 is 11.7 Å². The van der Waals surface area contributed by atoms with E-state index >= 15 is 0 Å². The van der Waals surface area contributed by atoms with Gasteiger partial charge in [-0.25, -0.2) is 14.6 Å². The van der Waals surface area contributed by atoms with Gasteiger partial charge >= 0.3 is 6.18 Å². The number of aromatic nitrogens is 5. The maximum absolute atomic E-state index is 13.4. The summed E-state index contributed by atoms with van der Waals surface area (Å²) in [5.74, 6) is 0.582. The zero-order valence-electron chi connectivity index (χ0n) is 16.3. The first-order chi connectivity index (χ1) is 14.3. The summed E-state index contributed by atoms with van der Waals surface area (Å²) in [6.07, 6.45) is 0.257. The summed E-state index contributed by atoms with van der Waals surface area (Å²) in [4.78, 5) is 8.50. The number of imidazole rings is 1. The highest BCUT2D eigenvalue weighted by molar-refractivity contribution is 5.75. The van der Waals surface area contributed by atoms with E-state index in [9.17, 15) is 18.3 Å². The molecular formula is C20H19F3N6O. The van der Waals surface area contributed by atoms with Gasteiger partial charge in [-0.2, -0.15) is 18.3 Å². The average Bonchev–Trinajstić information content (AvgIpc) is 3.33. The maximum atomic E-state index is 13.4. The Labute approximate surface area is 169 Å². The second kappa shape index (κ2) is 7.45. The molecule has 3 aromatic heterocycles. The van der Waals surface area contributed by atoms with Gasteiger partial charge in [0.15, 0.2) is 5.65 Å². The summed E-state index contributed by atoms with van der Waals surface area (Å²) in [6, 6.07) is 6.11. The minimum absolute atomic E-state index is 0.220. The van der Waals surface area contributed by atoms with Gasteiger partial charge in [0.05, 0.1) is 29.2 Å². The Morgan fingerprint density at radius 1 is 1.17 bits per heavy atom. The number of rotatable bonds is 5. The van der Waals surface area contributed by atoms with Gasteiger partial charge in [-0.15, -0.1) is 0 Å². The van der Waals surface area contributed by atoms with Crippen LogP contribution in [0.25, 0.3) is 11.3 Å². The summed E-state index contributed by atoms with van der Waals surface area (Å²) in [5.41, 5.74) is 2.21. The highest BCUT2D eigenvalue weighted by Crippen LogP contribution is 2.34. The molecule has 0 saturated heterocycles. The standard InChI is InChI=1S/C20H19F3N6O/c1-3-15-9-28-8-14(20(21,22)23)7-17(19(28)26-15)25-16-4-5-18(13(6-16)10-30)29-11-24-12(2)27-29/h4-9,11,25,30H,3,10H2,1-2H3. The summed E-state index contributed by atoms with van der Waals surface area (Å²) in [6.45, 7) is 3.36. The van der Waals surface area contributed by atoms with Gasteiger partial charge in [-0.1, -0.05) is 6.92 Å². The highest BCUT2D eigenvalue weighted by Gasteiger charge is 2.32. The molecule has 0 unspecified atom stereocenters. The van der Waals surface area contributed by atoms with Crippen molar-refractivity contribution >= 4 is 17.0 Å². The SMILES string of the molecule is CCc1cn2cc(C(F)(F)F)cc(Nc3ccc(-n4cnc(C)n4)c(CO)c3)c2n1. The number of fused-ring (bicyclic) bond motifs is 1. The van der Waals surface area contributed by atoms with Crippen LogP contribution in [0, 0.1) is 6.92 Å². The van der Waals surface area contributed by atoms with Crippen molar-refractivity contribution in [2.24, 2.45) is 0 Å². The third-order valence-corrected chi connectivity index (χ3v) is 4.67. The third-order valence-electron chi connectivity index (χ3n) is 4.67. The van der Waals surface area contributed by atoms with Crippen molar-refractivity contribution in [3.05, 3.63) is 65.6 Å². The molecule has 4 aromatic rings. The smallest absolute Gasteiger partial charge is 0.392 e. The molecule has 10 heteroatoms. The van der Waals surface area contributed by atoms with Crippen LogP contribution in [0.15, 0.2) is 43.0 Å². The largest absolute Gasteiger partial charge is 0.417 e. The number of nitrogens with one attached hydrogen (secondary N) is 1. The molecule has 0 fully saturated rings. The van der Waals surface area contributed by atoms with Crippen LogP contribution >= 0.6 is 0 Å². The summed E-state index contributed by atoms with van der Waals surface area (Å²) < 4.78 is 43.0. The van der Waals surface area contributed by atoms with Crippen molar-refractivity contribution in [2.75, 3.05) is 5.32 Å². The molecule has 0 spiro atoms. The lowest BCUT2D eigenvalue weighted by Gasteiger charge is -2.14. The topological polar surface area (TPSA) is 80.3 Å². The van der Waals surface area contributed by atoms with Crippen LogP contribution in [0.5, 0.6) is 0 Å². The van der Waals surface area contributed by atoms with Crippen LogP contribution in [-0.2, 0) is 19.2 Å². The Hall–Kier alpha value is -3.40. The second-order valence-corrected chi connectivity index (χ2v) is 6.82. The number of hydrogen-bond acceptors (Lipinski definition) is 5. The van der Waals surface area contributed by atoms with Gasteiger partial charge in [0.1, 0.15) is 12.2 Å². The highest BCUT2D eigenvalue weighted by atomic mass is 19.4. The van der Waals surface area contributed by atoms with Crippen molar-refractivity contribution in [1.82, 2.24) is 24.1 Å².